The number of methoxy groups -OCH3 is 3. The summed E-state index contributed by atoms with van der Waals surface area (Å²) in [4.78, 5) is 20.0. The van der Waals surface area contributed by atoms with Gasteiger partial charge in [-0.3, -0.25) is 10.2 Å². The highest BCUT2D eigenvalue weighted by molar-refractivity contribution is 6.18. The lowest BCUT2D eigenvalue weighted by Gasteiger charge is -2.34. The van der Waals surface area contributed by atoms with Crippen LogP contribution in [0.5, 0.6) is 17.2 Å². The lowest BCUT2D eigenvalue weighted by molar-refractivity contribution is 0.252. The number of aromatic nitrogens is 2. The zero-order valence-electron chi connectivity index (χ0n) is 20.7. The standard InChI is InChI=1S/C26H29N5O4/c1-26(2,3)31-24-18(14-27-31)21(15-10-11-19(34-5)20(12-15)35-6)22-23(28-24)29-25(32)30(22)16-8-7-9-17(13-16)33-4/h7-14,21-22H,1-6H3,(H,28,29,32)/t21-,22+/m1/s1. The predicted octanol–water partition coefficient (Wildman–Crippen LogP) is 4.44. The zero-order chi connectivity index (χ0) is 24.9. The lowest BCUT2D eigenvalue weighted by atomic mass is 9.83. The molecule has 0 aliphatic carbocycles. The number of fused-ring (bicyclic) bond motifs is 2. The number of nitrogens with zero attached hydrogens (tertiary/aromatic N) is 4. The molecule has 9 heteroatoms. The molecule has 1 aromatic heterocycles. The van der Waals surface area contributed by atoms with Gasteiger partial charge < -0.3 is 14.2 Å². The Kier molecular flexibility index (Phi) is 5.42. The van der Waals surface area contributed by atoms with Crippen LogP contribution in [0.25, 0.3) is 0 Å². The number of ether oxygens (including phenoxy) is 3. The molecule has 182 valence electrons. The first-order valence-electron chi connectivity index (χ1n) is 11.4. The molecule has 2 aliphatic rings. The second-order valence-electron chi connectivity index (χ2n) is 9.54. The fourth-order valence-corrected chi connectivity index (χ4v) is 4.80. The smallest absolute Gasteiger partial charge is 0.328 e. The van der Waals surface area contributed by atoms with E-state index in [1.807, 2.05) is 53.3 Å². The molecule has 0 unspecified atom stereocenters. The van der Waals surface area contributed by atoms with Crippen molar-refractivity contribution < 1.29 is 19.0 Å². The van der Waals surface area contributed by atoms with E-state index < -0.39 is 6.04 Å². The van der Waals surface area contributed by atoms with Crippen LogP contribution in [0.4, 0.5) is 16.3 Å². The number of nitrogens with one attached hydrogen (secondary N) is 1. The van der Waals surface area contributed by atoms with Crippen LogP contribution in [0.15, 0.2) is 53.7 Å². The number of carbonyl (C=O) groups excluding carboxylic acids is 1. The number of rotatable bonds is 5. The molecule has 9 nitrogen and oxygen atoms in total. The number of amidine groups is 1. The molecule has 1 saturated heterocycles. The Balaban J connectivity index is 1.72. The highest BCUT2D eigenvalue weighted by atomic mass is 16.5. The molecule has 3 heterocycles. The molecule has 2 aliphatic heterocycles. The first kappa shape index (κ1) is 22.8. The van der Waals surface area contributed by atoms with Gasteiger partial charge in [0, 0.05) is 23.2 Å². The molecule has 0 bridgehead atoms. The van der Waals surface area contributed by atoms with Gasteiger partial charge in [-0.25, -0.2) is 14.5 Å². The first-order valence-corrected chi connectivity index (χ1v) is 11.4. The summed E-state index contributed by atoms with van der Waals surface area (Å²) in [5.74, 6) is 2.98. The molecular formula is C26H29N5O4. The monoisotopic (exact) mass is 475 g/mol. The van der Waals surface area contributed by atoms with Gasteiger partial charge in [-0.1, -0.05) is 12.1 Å². The molecule has 1 fully saturated rings. The topological polar surface area (TPSA) is 90.2 Å². The molecule has 0 saturated carbocycles. The predicted molar refractivity (Wildman–Crippen MR) is 133 cm³/mol. The van der Waals surface area contributed by atoms with Gasteiger partial charge in [0.05, 0.1) is 33.1 Å². The summed E-state index contributed by atoms with van der Waals surface area (Å²) < 4.78 is 18.4. The van der Waals surface area contributed by atoms with Gasteiger partial charge in [0.1, 0.15) is 17.6 Å². The number of urea groups is 1. The van der Waals surface area contributed by atoms with E-state index in [2.05, 4.69) is 26.1 Å². The van der Waals surface area contributed by atoms with Crippen molar-refractivity contribution in [1.29, 1.82) is 0 Å². The van der Waals surface area contributed by atoms with E-state index in [1.165, 1.54) is 0 Å². The van der Waals surface area contributed by atoms with Crippen molar-refractivity contribution in [2.24, 2.45) is 4.99 Å². The third-order valence-corrected chi connectivity index (χ3v) is 6.39. The first-order chi connectivity index (χ1) is 16.8. The van der Waals surface area contributed by atoms with Gasteiger partial charge in [0.2, 0.25) is 0 Å². The van der Waals surface area contributed by atoms with Gasteiger partial charge >= 0.3 is 6.03 Å². The molecule has 1 N–H and O–H groups in total. The van der Waals surface area contributed by atoms with Crippen LogP contribution in [0.2, 0.25) is 0 Å². The number of anilines is 1. The van der Waals surface area contributed by atoms with Crippen molar-refractivity contribution in [3.63, 3.8) is 0 Å². The quantitative estimate of drug-likeness (QED) is 0.589. The van der Waals surface area contributed by atoms with Crippen LogP contribution in [0.3, 0.4) is 0 Å². The Labute approximate surface area is 204 Å². The maximum absolute atomic E-state index is 13.3. The number of amides is 2. The van der Waals surface area contributed by atoms with Gasteiger partial charge in [-0.05, 0) is 50.6 Å². The van der Waals surface area contributed by atoms with Crippen molar-refractivity contribution >= 4 is 23.4 Å². The summed E-state index contributed by atoms with van der Waals surface area (Å²) >= 11 is 0. The van der Waals surface area contributed by atoms with Gasteiger partial charge in [-0.15, -0.1) is 0 Å². The minimum atomic E-state index is -0.405. The Bertz CT molecular complexity index is 1320. The van der Waals surface area contributed by atoms with E-state index in [4.69, 9.17) is 24.3 Å². The van der Waals surface area contributed by atoms with Crippen molar-refractivity contribution in [3.8, 4) is 17.2 Å². The molecule has 5 rings (SSSR count). The third kappa shape index (κ3) is 3.67. The minimum absolute atomic E-state index is 0.243. The Morgan fingerprint density at radius 2 is 1.74 bits per heavy atom. The molecule has 0 spiro atoms. The Morgan fingerprint density at radius 1 is 0.971 bits per heavy atom. The van der Waals surface area contributed by atoms with Crippen LogP contribution >= 0.6 is 0 Å². The molecule has 2 amide bonds. The third-order valence-electron chi connectivity index (χ3n) is 6.39. The maximum Gasteiger partial charge on any atom is 0.328 e. The van der Waals surface area contributed by atoms with E-state index in [0.717, 1.165) is 16.9 Å². The number of carbonyl (C=O) groups is 1. The van der Waals surface area contributed by atoms with Crippen LogP contribution in [-0.2, 0) is 5.54 Å². The summed E-state index contributed by atoms with van der Waals surface area (Å²) in [6.45, 7) is 6.23. The van der Waals surface area contributed by atoms with Crippen molar-refractivity contribution in [1.82, 2.24) is 15.1 Å². The number of benzene rings is 2. The normalized spacial score (nSPS) is 19.0. The van der Waals surface area contributed by atoms with E-state index in [-0.39, 0.29) is 17.5 Å². The molecule has 3 aromatic rings. The maximum atomic E-state index is 13.3. The average Bonchev–Trinajstić information content (AvgIpc) is 3.42. The largest absolute Gasteiger partial charge is 0.497 e. The number of hydrogen-bond acceptors (Lipinski definition) is 6. The number of hydrogen-bond donors (Lipinski definition) is 1. The molecule has 2 aromatic carbocycles. The Hall–Kier alpha value is -4.01. The van der Waals surface area contributed by atoms with E-state index in [9.17, 15) is 4.79 Å². The molecular weight excluding hydrogens is 446 g/mol. The summed E-state index contributed by atoms with van der Waals surface area (Å²) in [5.41, 5.74) is 2.32. The van der Waals surface area contributed by atoms with Crippen LogP contribution in [-0.4, -0.2) is 49.0 Å². The highest BCUT2D eigenvalue weighted by Gasteiger charge is 2.48. The van der Waals surface area contributed by atoms with E-state index in [1.54, 1.807) is 26.2 Å². The summed E-state index contributed by atoms with van der Waals surface area (Å²) in [6.07, 6.45) is 1.86. The molecule has 2 atom stereocenters. The highest BCUT2D eigenvalue weighted by Crippen LogP contribution is 2.46. The zero-order valence-corrected chi connectivity index (χ0v) is 20.7. The van der Waals surface area contributed by atoms with Crippen LogP contribution in [0.1, 0.15) is 37.8 Å². The fraction of sp³-hybridized carbons (Fsp3) is 0.346. The van der Waals surface area contributed by atoms with E-state index >= 15 is 0 Å². The lowest BCUT2D eigenvalue weighted by Crippen LogP contribution is -2.42. The summed E-state index contributed by atoms with van der Waals surface area (Å²) in [7, 11) is 4.83. The van der Waals surface area contributed by atoms with Crippen molar-refractivity contribution in [2.45, 2.75) is 38.3 Å². The second-order valence-corrected chi connectivity index (χ2v) is 9.54. The van der Waals surface area contributed by atoms with Crippen molar-refractivity contribution in [3.05, 3.63) is 59.8 Å². The summed E-state index contributed by atoms with van der Waals surface area (Å²) in [5, 5.41) is 7.70. The molecule has 35 heavy (non-hydrogen) atoms. The SMILES string of the molecule is COc1cccc(N2C(=O)NC3=Nc4c(cnn4C(C)(C)C)[C@@H](c4ccc(OC)c(OC)c4)[C@@H]32)c1. The van der Waals surface area contributed by atoms with Crippen molar-refractivity contribution in [2.75, 3.05) is 26.2 Å². The minimum Gasteiger partial charge on any atom is -0.497 e. The van der Waals surface area contributed by atoms with Crippen LogP contribution < -0.4 is 24.4 Å². The summed E-state index contributed by atoms with van der Waals surface area (Å²) in [6, 6.07) is 12.7. The average molecular weight is 476 g/mol. The van der Waals surface area contributed by atoms with Gasteiger partial charge in [0.25, 0.3) is 0 Å². The van der Waals surface area contributed by atoms with Gasteiger partial charge in [-0.2, -0.15) is 5.10 Å². The second kappa shape index (κ2) is 8.33. The van der Waals surface area contributed by atoms with Gasteiger partial charge in [0.15, 0.2) is 17.3 Å². The fourth-order valence-electron chi connectivity index (χ4n) is 4.80. The van der Waals surface area contributed by atoms with Crippen LogP contribution in [0, 0.1) is 0 Å². The Morgan fingerprint density at radius 3 is 2.43 bits per heavy atom. The number of aliphatic imine (C=N–C) groups is 1. The van der Waals surface area contributed by atoms with E-state index in [0.29, 0.717) is 28.8 Å². The molecule has 0 radical (unpaired) electrons.